The quantitative estimate of drug-likeness (QED) is 0.668. The molecule has 0 bridgehead atoms. The third-order valence-corrected chi connectivity index (χ3v) is 5.11. The van der Waals surface area contributed by atoms with Gasteiger partial charge in [-0.3, -0.25) is 14.3 Å². The first-order valence-corrected chi connectivity index (χ1v) is 8.80. The number of aryl methyl sites for hydroxylation is 2. The molecular formula is C15H17N7O2S. The Labute approximate surface area is 147 Å². The summed E-state index contributed by atoms with van der Waals surface area (Å²) in [4.78, 5) is 33.2. The van der Waals surface area contributed by atoms with Crippen LogP contribution in [0.5, 0.6) is 0 Å². The van der Waals surface area contributed by atoms with Crippen molar-refractivity contribution < 1.29 is 4.79 Å². The summed E-state index contributed by atoms with van der Waals surface area (Å²) in [5, 5.41) is 9.09. The van der Waals surface area contributed by atoms with E-state index in [-0.39, 0.29) is 18.0 Å². The maximum atomic E-state index is 12.5. The maximum Gasteiger partial charge on any atom is 0.275 e. The van der Waals surface area contributed by atoms with Gasteiger partial charge in [-0.25, -0.2) is 4.98 Å². The third kappa shape index (κ3) is 2.78. The topological polar surface area (TPSA) is 88.6 Å². The van der Waals surface area contributed by atoms with Gasteiger partial charge in [-0.1, -0.05) is 18.3 Å². The lowest BCUT2D eigenvalue weighted by atomic mass is 10.3. The number of carbonyl (C=O) groups excluding carboxylic acids is 1. The van der Waals surface area contributed by atoms with Crippen LogP contribution in [0.15, 0.2) is 23.3 Å². The minimum atomic E-state index is -0.190. The summed E-state index contributed by atoms with van der Waals surface area (Å²) < 4.78 is 2.98. The lowest BCUT2D eigenvalue weighted by Gasteiger charge is -2.33. The van der Waals surface area contributed by atoms with Crippen LogP contribution in [-0.2, 0) is 18.3 Å². The number of hydrogen-bond acceptors (Lipinski definition) is 7. The number of amides is 1. The van der Waals surface area contributed by atoms with Gasteiger partial charge in [-0.05, 0) is 6.42 Å². The van der Waals surface area contributed by atoms with Crippen LogP contribution in [0.1, 0.15) is 12.6 Å². The van der Waals surface area contributed by atoms with Gasteiger partial charge in [0, 0.05) is 38.1 Å². The van der Waals surface area contributed by atoms with E-state index >= 15 is 0 Å². The molecule has 3 aromatic rings. The molecule has 0 atom stereocenters. The number of piperazine rings is 1. The Kier molecular flexibility index (Phi) is 3.75. The first-order valence-electron chi connectivity index (χ1n) is 7.99. The van der Waals surface area contributed by atoms with E-state index in [0.29, 0.717) is 29.6 Å². The van der Waals surface area contributed by atoms with Gasteiger partial charge in [0.05, 0.1) is 18.4 Å². The highest BCUT2D eigenvalue weighted by atomic mass is 32.1. The van der Waals surface area contributed by atoms with Crippen molar-refractivity contribution in [3.05, 3.63) is 34.5 Å². The fourth-order valence-corrected chi connectivity index (χ4v) is 3.76. The minimum Gasteiger partial charge on any atom is -0.336 e. The van der Waals surface area contributed by atoms with Crippen LogP contribution in [-0.4, -0.2) is 49.9 Å². The van der Waals surface area contributed by atoms with Gasteiger partial charge in [-0.2, -0.15) is 9.61 Å². The van der Waals surface area contributed by atoms with Gasteiger partial charge >= 0.3 is 0 Å². The summed E-state index contributed by atoms with van der Waals surface area (Å²) >= 11 is 1.33. The Morgan fingerprint density at radius 1 is 1.28 bits per heavy atom. The molecule has 0 aliphatic carbocycles. The second-order valence-corrected chi connectivity index (χ2v) is 6.79. The number of carbonyl (C=O) groups is 1. The third-order valence-electron chi connectivity index (χ3n) is 4.14. The van der Waals surface area contributed by atoms with E-state index in [1.807, 2.05) is 25.1 Å². The van der Waals surface area contributed by atoms with Crippen molar-refractivity contribution in [3.8, 4) is 0 Å². The normalized spacial score (nSPS) is 15.4. The lowest BCUT2D eigenvalue weighted by molar-refractivity contribution is -0.117. The molecule has 0 unspecified atom stereocenters. The number of nitrogens with zero attached hydrogens (tertiary/aromatic N) is 7. The van der Waals surface area contributed by atoms with Crippen LogP contribution < -0.4 is 15.4 Å². The van der Waals surface area contributed by atoms with Crippen LogP contribution in [0.2, 0.25) is 0 Å². The fraction of sp³-hybridized carbons (Fsp3) is 0.400. The van der Waals surface area contributed by atoms with Crippen molar-refractivity contribution >= 4 is 33.0 Å². The molecular weight excluding hydrogens is 342 g/mol. The van der Waals surface area contributed by atoms with E-state index in [1.54, 1.807) is 15.8 Å². The zero-order valence-corrected chi connectivity index (χ0v) is 14.7. The lowest BCUT2D eigenvalue weighted by Crippen LogP contribution is -2.50. The molecule has 0 radical (unpaired) electrons. The van der Waals surface area contributed by atoms with Crippen LogP contribution in [0.4, 0.5) is 10.8 Å². The molecule has 3 aromatic heterocycles. The largest absolute Gasteiger partial charge is 0.336 e. The summed E-state index contributed by atoms with van der Waals surface area (Å²) in [6.07, 6.45) is 4.20. The summed E-state index contributed by atoms with van der Waals surface area (Å²) in [7, 11) is 1.82. The molecule has 1 fully saturated rings. The Bertz CT molecular complexity index is 1000. The summed E-state index contributed by atoms with van der Waals surface area (Å²) in [5.41, 5.74) is 1.35. The Morgan fingerprint density at radius 2 is 2.12 bits per heavy atom. The molecule has 0 aromatic carbocycles. The zero-order valence-electron chi connectivity index (χ0n) is 13.9. The Hall–Kier alpha value is -2.75. The minimum absolute atomic E-state index is 0.0203. The first-order chi connectivity index (χ1) is 12.0. The summed E-state index contributed by atoms with van der Waals surface area (Å²) in [6, 6.07) is 1.50. The molecule has 25 heavy (non-hydrogen) atoms. The molecule has 130 valence electrons. The van der Waals surface area contributed by atoms with Crippen molar-refractivity contribution in [1.29, 1.82) is 0 Å². The van der Waals surface area contributed by atoms with Crippen LogP contribution in [0.25, 0.3) is 4.96 Å². The fourth-order valence-electron chi connectivity index (χ4n) is 2.81. The Morgan fingerprint density at radius 3 is 2.80 bits per heavy atom. The van der Waals surface area contributed by atoms with Gasteiger partial charge in [0.15, 0.2) is 0 Å². The highest BCUT2D eigenvalue weighted by molar-refractivity contribution is 7.20. The van der Waals surface area contributed by atoms with E-state index in [0.717, 1.165) is 11.4 Å². The standard InChI is InChI=1S/C15H17N7O2S/c1-3-10-6-12(23)22-14(17-10)25-15(18-22)20-4-5-21(13(24)9-20)11-7-16-19(2)8-11/h6-8H,3-5,9H2,1-2H3. The second-order valence-electron chi connectivity index (χ2n) is 5.86. The molecule has 0 N–H and O–H groups in total. The molecule has 4 rings (SSSR count). The molecule has 0 spiro atoms. The zero-order chi connectivity index (χ0) is 17.6. The van der Waals surface area contributed by atoms with Gasteiger partial charge in [0.2, 0.25) is 16.0 Å². The van der Waals surface area contributed by atoms with Crippen LogP contribution in [0, 0.1) is 0 Å². The number of fused-ring (bicyclic) bond motifs is 1. The molecule has 1 amide bonds. The van der Waals surface area contributed by atoms with E-state index < -0.39 is 0 Å². The van der Waals surface area contributed by atoms with Crippen molar-refractivity contribution in [2.45, 2.75) is 13.3 Å². The molecule has 1 aliphatic heterocycles. The van der Waals surface area contributed by atoms with Gasteiger partial charge in [0.25, 0.3) is 5.56 Å². The average Bonchev–Trinajstić information content (AvgIpc) is 3.21. The first kappa shape index (κ1) is 15.8. The second kappa shape index (κ2) is 5.96. The molecule has 1 aliphatic rings. The number of anilines is 2. The van der Waals surface area contributed by atoms with E-state index in [2.05, 4.69) is 15.2 Å². The predicted molar refractivity (Wildman–Crippen MR) is 94.3 cm³/mol. The average molecular weight is 359 g/mol. The monoisotopic (exact) mass is 359 g/mol. The summed E-state index contributed by atoms with van der Waals surface area (Å²) in [5.74, 6) is -0.0203. The van der Waals surface area contributed by atoms with Crippen molar-refractivity contribution in [3.63, 3.8) is 0 Å². The Balaban J connectivity index is 1.59. The predicted octanol–water partition coefficient (Wildman–Crippen LogP) is 0.300. The van der Waals surface area contributed by atoms with Gasteiger partial charge in [0.1, 0.15) is 0 Å². The molecule has 9 nitrogen and oxygen atoms in total. The molecule has 10 heteroatoms. The van der Waals surface area contributed by atoms with E-state index in [9.17, 15) is 9.59 Å². The smallest absolute Gasteiger partial charge is 0.275 e. The number of aromatic nitrogens is 5. The highest BCUT2D eigenvalue weighted by Crippen LogP contribution is 2.24. The van der Waals surface area contributed by atoms with E-state index in [4.69, 9.17) is 0 Å². The van der Waals surface area contributed by atoms with Gasteiger partial charge in [-0.15, -0.1) is 5.10 Å². The molecule has 1 saturated heterocycles. The number of rotatable bonds is 3. The summed E-state index contributed by atoms with van der Waals surface area (Å²) in [6.45, 7) is 3.35. The maximum absolute atomic E-state index is 12.5. The highest BCUT2D eigenvalue weighted by Gasteiger charge is 2.28. The van der Waals surface area contributed by atoms with Crippen molar-refractivity contribution in [1.82, 2.24) is 24.4 Å². The molecule has 0 saturated carbocycles. The van der Waals surface area contributed by atoms with Gasteiger partial charge < -0.3 is 9.80 Å². The van der Waals surface area contributed by atoms with Crippen LogP contribution >= 0.6 is 11.3 Å². The number of hydrogen-bond donors (Lipinski definition) is 0. The van der Waals surface area contributed by atoms with Crippen LogP contribution in [0.3, 0.4) is 0 Å². The molecule has 4 heterocycles. The van der Waals surface area contributed by atoms with Crippen molar-refractivity contribution in [2.24, 2.45) is 7.05 Å². The van der Waals surface area contributed by atoms with Crippen molar-refractivity contribution in [2.75, 3.05) is 29.4 Å². The van der Waals surface area contributed by atoms with E-state index in [1.165, 1.54) is 21.9 Å². The SMILES string of the molecule is CCc1cc(=O)n2nc(N3CCN(c4cnn(C)c4)C(=O)C3)sc2n1.